The molecule has 6 heteroatoms. The Morgan fingerprint density at radius 3 is 1.72 bits per heavy atom. The van der Waals surface area contributed by atoms with Gasteiger partial charge in [0.05, 0.1) is 12.3 Å². The van der Waals surface area contributed by atoms with Gasteiger partial charge >= 0.3 is 5.97 Å². The van der Waals surface area contributed by atoms with E-state index in [0.717, 1.165) is 19.3 Å². The number of hydrogen-bond acceptors (Lipinski definition) is 5. The molecule has 3 N–H and O–H groups in total. The Bertz CT molecular complexity index is 700. The van der Waals surface area contributed by atoms with E-state index in [0.29, 0.717) is 6.54 Å². The number of unbranched alkanes of at least 4 members (excludes halogenated alkanes) is 15. The predicted octanol–water partition coefficient (Wildman–Crippen LogP) is 6.57. The number of esters is 1. The molecule has 0 aliphatic carbocycles. The van der Waals surface area contributed by atoms with Crippen LogP contribution >= 0.6 is 0 Å². The lowest BCUT2D eigenvalue weighted by Gasteiger charge is -2.13. The van der Waals surface area contributed by atoms with Crippen molar-refractivity contribution in [1.82, 2.24) is 4.57 Å². The molecular weight excluding hydrogens is 404 g/mol. The van der Waals surface area contributed by atoms with Crippen LogP contribution in [0.1, 0.15) is 127 Å². The Hall–Kier alpha value is -1.98. The third-order valence-electron chi connectivity index (χ3n) is 6.03. The highest BCUT2D eigenvalue weighted by atomic mass is 16.5. The first kappa shape index (κ1) is 28.1. The van der Waals surface area contributed by atoms with Crippen LogP contribution in [0.4, 0.5) is 5.69 Å². The summed E-state index contributed by atoms with van der Waals surface area (Å²) < 4.78 is 6.14. The highest BCUT2D eigenvalue weighted by Crippen LogP contribution is 2.23. The lowest BCUT2D eigenvalue weighted by molar-refractivity contribution is 0.0522. The van der Waals surface area contributed by atoms with E-state index >= 15 is 0 Å². The summed E-state index contributed by atoms with van der Waals surface area (Å²) in [5.41, 5.74) is 5.17. The Morgan fingerprint density at radius 1 is 0.844 bits per heavy atom. The average Bonchev–Trinajstić information content (AvgIpc) is 2.75. The standard InChI is InChI=1S/C26H46N2O4/c1-3-5-6-7-8-9-10-11-12-13-14-15-16-17-18-19-20-28-23(29)21-22(27)24(25(28)30)26(31)32-4-2/h21,30H,3-20,27H2,1-2H3. The van der Waals surface area contributed by atoms with Crippen molar-refractivity contribution in [3.05, 3.63) is 22.0 Å². The lowest BCUT2D eigenvalue weighted by atomic mass is 10.0. The number of nitrogen functional groups attached to an aromatic ring is 1. The summed E-state index contributed by atoms with van der Waals surface area (Å²) >= 11 is 0. The number of nitrogens with zero attached hydrogens (tertiary/aromatic N) is 1. The van der Waals surface area contributed by atoms with Crippen molar-refractivity contribution in [1.29, 1.82) is 0 Å². The van der Waals surface area contributed by atoms with Gasteiger partial charge in [-0.25, -0.2) is 4.79 Å². The normalized spacial score (nSPS) is 11.1. The largest absolute Gasteiger partial charge is 0.494 e. The number of aromatic hydroxyl groups is 1. The van der Waals surface area contributed by atoms with Gasteiger partial charge in [-0.15, -0.1) is 0 Å². The van der Waals surface area contributed by atoms with E-state index in [2.05, 4.69) is 6.92 Å². The summed E-state index contributed by atoms with van der Waals surface area (Å²) in [6.45, 7) is 4.49. The molecule has 0 saturated heterocycles. The van der Waals surface area contributed by atoms with Crippen LogP contribution in [0.2, 0.25) is 0 Å². The van der Waals surface area contributed by atoms with E-state index in [4.69, 9.17) is 10.5 Å². The average molecular weight is 451 g/mol. The van der Waals surface area contributed by atoms with Crippen LogP contribution in [0.5, 0.6) is 5.88 Å². The number of carbonyl (C=O) groups is 1. The van der Waals surface area contributed by atoms with Crippen LogP contribution in [0.25, 0.3) is 0 Å². The Kier molecular flexibility index (Phi) is 15.4. The van der Waals surface area contributed by atoms with Crippen LogP contribution in [0, 0.1) is 0 Å². The minimum absolute atomic E-state index is 0.0471. The quantitative estimate of drug-likeness (QED) is 0.183. The molecule has 0 radical (unpaired) electrons. The third-order valence-corrected chi connectivity index (χ3v) is 6.03. The van der Waals surface area contributed by atoms with Gasteiger partial charge in [0.25, 0.3) is 5.56 Å². The first-order valence-corrected chi connectivity index (χ1v) is 12.9. The molecule has 0 atom stereocenters. The van der Waals surface area contributed by atoms with Crippen molar-refractivity contribution in [2.45, 2.75) is 123 Å². The maximum absolute atomic E-state index is 12.2. The highest BCUT2D eigenvalue weighted by molar-refractivity contribution is 5.97. The molecule has 0 aliphatic heterocycles. The van der Waals surface area contributed by atoms with Crippen molar-refractivity contribution in [3.8, 4) is 5.88 Å². The van der Waals surface area contributed by atoms with Crippen LogP contribution in [0.3, 0.4) is 0 Å². The molecule has 1 aromatic heterocycles. The lowest BCUT2D eigenvalue weighted by Crippen LogP contribution is -2.23. The van der Waals surface area contributed by atoms with Gasteiger partial charge in [0.1, 0.15) is 5.56 Å². The number of hydrogen-bond donors (Lipinski definition) is 2. The number of carbonyl (C=O) groups excluding carboxylic acids is 1. The molecule has 0 spiro atoms. The molecule has 0 amide bonds. The Labute approximate surface area is 194 Å². The zero-order valence-electron chi connectivity index (χ0n) is 20.5. The SMILES string of the molecule is CCCCCCCCCCCCCCCCCCn1c(O)c(C(=O)OCC)c(N)cc1=O. The number of pyridine rings is 1. The molecule has 0 aromatic carbocycles. The second-order valence-corrected chi connectivity index (χ2v) is 8.81. The summed E-state index contributed by atoms with van der Waals surface area (Å²) in [4.78, 5) is 24.2. The molecule has 6 nitrogen and oxygen atoms in total. The van der Waals surface area contributed by atoms with Gasteiger partial charge in [-0.05, 0) is 13.3 Å². The summed E-state index contributed by atoms with van der Waals surface area (Å²) in [6.07, 6.45) is 20.4. The number of rotatable bonds is 19. The summed E-state index contributed by atoms with van der Waals surface area (Å²) in [5, 5.41) is 10.4. The Balaban J connectivity index is 2.12. The zero-order chi connectivity index (χ0) is 23.6. The van der Waals surface area contributed by atoms with Crippen LogP contribution in [-0.4, -0.2) is 22.2 Å². The maximum Gasteiger partial charge on any atom is 0.345 e. The van der Waals surface area contributed by atoms with Gasteiger partial charge in [0.2, 0.25) is 5.88 Å². The van der Waals surface area contributed by atoms with Gasteiger partial charge in [-0.1, -0.05) is 103 Å². The van der Waals surface area contributed by atoms with E-state index in [1.165, 1.54) is 94.1 Å². The molecule has 0 unspecified atom stereocenters. The molecule has 0 aliphatic rings. The second kappa shape index (κ2) is 17.6. The van der Waals surface area contributed by atoms with Gasteiger partial charge in [0.15, 0.2) is 0 Å². The number of aromatic nitrogens is 1. The second-order valence-electron chi connectivity index (χ2n) is 8.81. The van der Waals surface area contributed by atoms with E-state index < -0.39 is 17.4 Å². The van der Waals surface area contributed by atoms with Gasteiger partial charge in [0, 0.05) is 12.6 Å². The minimum atomic E-state index is -0.705. The summed E-state index contributed by atoms with van der Waals surface area (Å²) in [6, 6.07) is 1.18. The van der Waals surface area contributed by atoms with E-state index in [1.54, 1.807) is 6.92 Å². The fourth-order valence-corrected chi connectivity index (χ4v) is 4.10. The van der Waals surface area contributed by atoms with Crippen LogP contribution in [-0.2, 0) is 11.3 Å². The first-order chi connectivity index (χ1) is 15.5. The zero-order valence-corrected chi connectivity index (χ0v) is 20.5. The van der Waals surface area contributed by atoms with Crippen LogP contribution < -0.4 is 11.3 Å². The minimum Gasteiger partial charge on any atom is -0.494 e. The van der Waals surface area contributed by atoms with E-state index in [9.17, 15) is 14.7 Å². The van der Waals surface area contributed by atoms with Gasteiger partial charge in [-0.3, -0.25) is 9.36 Å². The molecule has 32 heavy (non-hydrogen) atoms. The fraction of sp³-hybridized carbons (Fsp3) is 0.769. The predicted molar refractivity (Wildman–Crippen MR) is 132 cm³/mol. The first-order valence-electron chi connectivity index (χ1n) is 12.9. The molecular formula is C26H46N2O4. The molecule has 0 saturated carbocycles. The molecule has 0 bridgehead atoms. The van der Waals surface area contributed by atoms with Gasteiger partial charge < -0.3 is 15.6 Å². The Morgan fingerprint density at radius 2 is 1.28 bits per heavy atom. The summed E-state index contributed by atoms with van der Waals surface area (Å²) in [7, 11) is 0. The van der Waals surface area contributed by atoms with Crippen LogP contribution in [0.15, 0.2) is 10.9 Å². The number of nitrogens with two attached hydrogens (primary N) is 1. The van der Waals surface area contributed by atoms with Crippen molar-refractivity contribution in [2.24, 2.45) is 0 Å². The molecule has 1 aromatic rings. The van der Waals surface area contributed by atoms with Crippen molar-refractivity contribution in [3.63, 3.8) is 0 Å². The molecule has 0 fully saturated rings. The number of ether oxygens (including phenoxy) is 1. The van der Waals surface area contributed by atoms with Crippen molar-refractivity contribution >= 4 is 11.7 Å². The maximum atomic E-state index is 12.2. The van der Waals surface area contributed by atoms with E-state index in [1.807, 2.05) is 0 Å². The summed E-state index contributed by atoms with van der Waals surface area (Å²) in [5.74, 6) is -1.10. The fourth-order valence-electron chi connectivity index (χ4n) is 4.10. The molecule has 184 valence electrons. The highest BCUT2D eigenvalue weighted by Gasteiger charge is 2.20. The van der Waals surface area contributed by atoms with E-state index in [-0.39, 0.29) is 17.9 Å². The topological polar surface area (TPSA) is 94.6 Å². The van der Waals surface area contributed by atoms with Crippen molar-refractivity contribution < 1.29 is 14.6 Å². The molecule has 1 rings (SSSR count). The van der Waals surface area contributed by atoms with Crippen molar-refractivity contribution in [2.75, 3.05) is 12.3 Å². The molecule has 1 heterocycles. The third kappa shape index (κ3) is 11.1. The van der Waals surface area contributed by atoms with Gasteiger partial charge in [-0.2, -0.15) is 0 Å². The number of anilines is 1. The smallest absolute Gasteiger partial charge is 0.345 e. The monoisotopic (exact) mass is 450 g/mol.